The molecular weight excluding hydrogens is 240 g/mol. The van der Waals surface area contributed by atoms with Crippen LogP contribution in [-0.2, 0) is 11.3 Å². The van der Waals surface area contributed by atoms with Crippen molar-refractivity contribution in [3.05, 3.63) is 53.9 Å². The topological polar surface area (TPSA) is 54.3 Å². The zero-order valence-electron chi connectivity index (χ0n) is 11.1. The SMILES string of the molecule is Cc1cccc(NC(=O)Cn2ccc(C(C)O)c2)c1. The number of rotatable bonds is 4. The second-order valence-electron chi connectivity index (χ2n) is 4.71. The van der Waals surface area contributed by atoms with E-state index in [9.17, 15) is 9.90 Å². The molecule has 1 amide bonds. The maximum Gasteiger partial charge on any atom is 0.244 e. The molecule has 1 heterocycles. The molecule has 0 saturated carbocycles. The van der Waals surface area contributed by atoms with E-state index in [4.69, 9.17) is 0 Å². The Bertz CT molecular complexity index is 573. The van der Waals surface area contributed by atoms with Gasteiger partial charge in [0.2, 0.25) is 5.91 Å². The maximum absolute atomic E-state index is 11.9. The van der Waals surface area contributed by atoms with Crippen LogP contribution in [0.3, 0.4) is 0 Å². The molecule has 19 heavy (non-hydrogen) atoms. The summed E-state index contributed by atoms with van der Waals surface area (Å²) in [5.41, 5.74) is 2.71. The highest BCUT2D eigenvalue weighted by atomic mass is 16.3. The third-order valence-corrected chi connectivity index (χ3v) is 2.88. The summed E-state index contributed by atoms with van der Waals surface area (Å²) in [6, 6.07) is 9.49. The third-order valence-electron chi connectivity index (χ3n) is 2.88. The van der Waals surface area contributed by atoms with Crippen LogP contribution in [-0.4, -0.2) is 15.6 Å². The zero-order valence-corrected chi connectivity index (χ0v) is 11.1. The Labute approximate surface area is 112 Å². The molecule has 100 valence electrons. The monoisotopic (exact) mass is 258 g/mol. The van der Waals surface area contributed by atoms with Crippen molar-refractivity contribution in [2.24, 2.45) is 0 Å². The number of carbonyl (C=O) groups is 1. The van der Waals surface area contributed by atoms with Crippen LogP contribution < -0.4 is 5.32 Å². The Kier molecular flexibility index (Phi) is 4.02. The lowest BCUT2D eigenvalue weighted by molar-refractivity contribution is -0.116. The molecule has 1 aromatic heterocycles. The first-order valence-corrected chi connectivity index (χ1v) is 6.25. The zero-order chi connectivity index (χ0) is 13.8. The van der Waals surface area contributed by atoms with Crippen molar-refractivity contribution in [2.45, 2.75) is 26.5 Å². The number of amides is 1. The first-order chi connectivity index (χ1) is 9.04. The molecule has 0 fully saturated rings. The average molecular weight is 258 g/mol. The lowest BCUT2D eigenvalue weighted by Crippen LogP contribution is -2.17. The van der Waals surface area contributed by atoms with Gasteiger partial charge in [-0.25, -0.2) is 0 Å². The summed E-state index contributed by atoms with van der Waals surface area (Å²) in [5.74, 6) is -0.0849. The highest BCUT2D eigenvalue weighted by Gasteiger charge is 2.06. The molecule has 2 N–H and O–H groups in total. The lowest BCUT2D eigenvalue weighted by Gasteiger charge is -2.07. The minimum atomic E-state index is -0.513. The summed E-state index contributed by atoms with van der Waals surface area (Å²) in [6.07, 6.45) is 3.05. The molecule has 1 atom stereocenters. The van der Waals surface area contributed by atoms with Crippen molar-refractivity contribution in [3.63, 3.8) is 0 Å². The predicted molar refractivity (Wildman–Crippen MR) is 74.9 cm³/mol. The first kappa shape index (κ1) is 13.4. The molecule has 0 saturated heterocycles. The van der Waals surface area contributed by atoms with Gasteiger partial charge in [-0.05, 0) is 43.2 Å². The molecule has 0 bridgehead atoms. The highest BCUT2D eigenvalue weighted by molar-refractivity contribution is 5.90. The molecule has 4 nitrogen and oxygen atoms in total. The van der Waals surface area contributed by atoms with Crippen LogP contribution in [0.4, 0.5) is 5.69 Å². The summed E-state index contributed by atoms with van der Waals surface area (Å²) in [7, 11) is 0. The van der Waals surface area contributed by atoms with Gasteiger partial charge >= 0.3 is 0 Å². The van der Waals surface area contributed by atoms with Crippen LogP contribution in [0.5, 0.6) is 0 Å². The first-order valence-electron chi connectivity index (χ1n) is 6.25. The predicted octanol–water partition coefficient (Wildman–Crippen LogP) is 2.49. The molecule has 1 unspecified atom stereocenters. The van der Waals surface area contributed by atoms with Gasteiger partial charge < -0.3 is 15.0 Å². The number of aromatic nitrogens is 1. The van der Waals surface area contributed by atoms with Gasteiger partial charge in [-0.3, -0.25) is 4.79 Å². The van der Waals surface area contributed by atoms with Gasteiger partial charge in [0.25, 0.3) is 0 Å². The number of anilines is 1. The number of carbonyl (C=O) groups excluding carboxylic acids is 1. The summed E-state index contributed by atoms with van der Waals surface area (Å²) in [6.45, 7) is 3.92. The van der Waals surface area contributed by atoms with E-state index in [1.54, 1.807) is 23.9 Å². The van der Waals surface area contributed by atoms with Crippen LogP contribution in [0.1, 0.15) is 24.2 Å². The van der Waals surface area contributed by atoms with E-state index in [1.807, 2.05) is 37.3 Å². The Morgan fingerprint density at radius 1 is 1.42 bits per heavy atom. The van der Waals surface area contributed by atoms with Gasteiger partial charge in [-0.1, -0.05) is 12.1 Å². The van der Waals surface area contributed by atoms with Crippen LogP contribution in [0.25, 0.3) is 0 Å². The molecule has 1 aromatic carbocycles. The van der Waals surface area contributed by atoms with Crippen molar-refractivity contribution in [3.8, 4) is 0 Å². The fourth-order valence-corrected chi connectivity index (χ4v) is 1.89. The molecule has 4 heteroatoms. The van der Waals surface area contributed by atoms with Gasteiger partial charge in [-0.15, -0.1) is 0 Å². The minimum Gasteiger partial charge on any atom is -0.389 e. The fourth-order valence-electron chi connectivity index (χ4n) is 1.89. The highest BCUT2D eigenvalue weighted by Crippen LogP contribution is 2.13. The Hall–Kier alpha value is -2.07. The number of aryl methyl sites for hydroxylation is 1. The second-order valence-corrected chi connectivity index (χ2v) is 4.71. The summed E-state index contributed by atoms with van der Waals surface area (Å²) in [5, 5.41) is 12.3. The number of nitrogens with one attached hydrogen (secondary N) is 1. The maximum atomic E-state index is 11.9. The van der Waals surface area contributed by atoms with Gasteiger partial charge in [0.05, 0.1) is 6.10 Å². The van der Waals surface area contributed by atoms with Crippen molar-refractivity contribution in [1.82, 2.24) is 4.57 Å². The van der Waals surface area contributed by atoms with Crippen LogP contribution in [0.15, 0.2) is 42.7 Å². The standard InChI is InChI=1S/C15H18N2O2/c1-11-4-3-5-14(8-11)16-15(19)10-17-7-6-13(9-17)12(2)18/h3-9,12,18H,10H2,1-2H3,(H,16,19). The summed E-state index contributed by atoms with van der Waals surface area (Å²) >= 11 is 0. The van der Waals surface area contributed by atoms with Crippen molar-refractivity contribution < 1.29 is 9.90 Å². The normalized spacial score (nSPS) is 12.2. The lowest BCUT2D eigenvalue weighted by atomic mass is 10.2. The molecular formula is C15H18N2O2. The number of benzene rings is 1. The largest absolute Gasteiger partial charge is 0.389 e. The molecule has 2 aromatic rings. The molecule has 0 aliphatic carbocycles. The van der Waals surface area contributed by atoms with E-state index >= 15 is 0 Å². The Balaban J connectivity index is 1.97. The Morgan fingerprint density at radius 2 is 2.21 bits per heavy atom. The summed E-state index contributed by atoms with van der Waals surface area (Å²) in [4.78, 5) is 11.9. The van der Waals surface area contributed by atoms with Crippen LogP contribution in [0.2, 0.25) is 0 Å². The fraction of sp³-hybridized carbons (Fsp3) is 0.267. The number of hydrogen-bond acceptors (Lipinski definition) is 2. The average Bonchev–Trinajstić information content (AvgIpc) is 2.77. The third kappa shape index (κ3) is 3.69. The van der Waals surface area contributed by atoms with E-state index in [0.29, 0.717) is 0 Å². The number of hydrogen-bond donors (Lipinski definition) is 2. The molecule has 0 spiro atoms. The van der Waals surface area contributed by atoms with Gasteiger partial charge in [-0.2, -0.15) is 0 Å². The quantitative estimate of drug-likeness (QED) is 0.885. The van der Waals surface area contributed by atoms with Gasteiger partial charge in [0.15, 0.2) is 0 Å². The summed E-state index contributed by atoms with van der Waals surface area (Å²) < 4.78 is 1.76. The van der Waals surface area contributed by atoms with Crippen molar-refractivity contribution >= 4 is 11.6 Å². The van der Waals surface area contributed by atoms with Crippen molar-refractivity contribution in [1.29, 1.82) is 0 Å². The number of nitrogens with zero attached hydrogens (tertiary/aromatic N) is 1. The number of aliphatic hydroxyl groups is 1. The van der Waals surface area contributed by atoms with Crippen LogP contribution in [0, 0.1) is 6.92 Å². The molecule has 0 aliphatic rings. The van der Waals surface area contributed by atoms with E-state index in [0.717, 1.165) is 16.8 Å². The smallest absolute Gasteiger partial charge is 0.244 e. The van der Waals surface area contributed by atoms with Crippen molar-refractivity contribution in [2.75, 3.05) is 5.32 Å². The van der Waals surface area contributed by atoms with E-state index in [2.05, 4.69) is 5.32 Å². The Morgan fingerprint density at radius 3 is 2.84 bits per heavy atom. The van der Waals surface area contributed by atoms with E-state index in [1.165, 1.54) is 0 Å². The molecule has 0 radical (unpaired) electrons. The second kappa shape index (κ2) is 5.71. The minimum absolute atomic E-state index is 0.0849. The van der Waals surface area contributed by atoms with E-state index < -0.39 is 6.10 Å². The molecule has 0 aliphatic heterocycles. The van der Waals surface area contributed by atoms with Gasteiger partial charge in [0.1, 0.15) is 6.54 Å². The van der Waals surface area contributed by atoms with E-state index in [-0.39, 0.29) is 12.5 Å². The molecule has 2 rings (SSSR count). The van der Waals surface area contributed by atoms with Gasteiger partial charge in [0, 0.05) is 18.1 Å². The number of aliphatic hydroxyl groups excluding tert-OH is 1. The van der Waals surface area contributed by atoms with Crippen LogP contribution >= 0.6 is 0 Å².